The summed E-state index contributed by atoms with van der Waals surface area (Å²) in [7, 11) is 5.74. The summed E-state index contributed by atoms with van der Waals surface area (Å²) >= 11 is 0. The Morgan fingerprint density at radius 3 is 1.91 bits per heavy atom. The van der Waals surface area contributed by atoms with Gasteiger partial charge in [-0.05, 0) is 29.3 Å². The van der Waals surface area contributed by atoms with Gasteiger partial charge in [-0.15, -0.1) is 0 Å². The molecule has 35 heavy (non-hydrogen) atoms. The van der Waals surface area contributed by atoms with E-state index in [1.54, 1.807) is 18.2 Å². The SMILES string of the molecule is COc1ccc([C@@H]2[C@@H](c3ccc(F)cc3)C(=O)N2c2cc(OC)c(OC)c(OC)c2)cc1[N+](=O)[O-]. The van der Waals surface area contributed by atoms with E-state index in [1.807, 2.05) is 0 Å². The Labute approximate surface area is 200 Å². The molecule has 0 spiro atoms. The lowest BCUT2D eigenvalue weighted by molar-refractivity contribution is -0.385. The summed E-state index contributed by atoms with van der Waals surface area (Å²) in [6.45, 7) is 0. The number of anilines is 1. The number of β-lactam (4-membered cyclic amide) rings is 1. The van der Waals surface area contributed by atoms with Gasteiger partial charge in [-0.25, -0.2) is 4.39 Å². The predicted octanol–water partition coefficient (Wildman–Crippen LogP) is 4.64. The number of halogens is 1. The van der Waals surface area contributed by atoms with Crippen LogP contribution in [-0.2, 0) is 4.79 Å². The van der Waals surface area contributed by atoms with Gasteiger partial charge in [0.2, 0.25) is 11.7 Å². The molecule has 0 saturated carbocycles. The van der Waals surface area contributed by atoms with Crippen molar-refractivity contribution in [3.8, 4) is 23.0 Å². The molecule has 3 aromatic rings. The van der Waals surface area contributed by atoms with Crippen LogP contribution in [0.5, 0.6) is 23.0 Å². The molecule has 0 aliphatic carbocycles. The van der Waals surface area contributed by atoms with E-state index in [2.05, 4.69) is 0 Å². The van der Waals surface area contributed by atoms with Crippen molar-refractivity contribution in [2.45, 2.75) is 12.0 Å². The molecule has 2 atom stereocenters. The summed E-state index contributed by atoms with van der Waals surface area (Å²) < 4.78 is 34.9. The van der Waals surface area contributed by atoms with Crippen molar-refractivity contribution < 1.29 is 33.1 Å². The first-order valence-corrected chi connectivity index (χ1v) is 10.6. The molecule has 182 valence electrons. The van der Waals surface area contributed by atoms with Gasteiger partial charge in [0, 0.05) is 18.2 Å². The second kappa shape index (κ2) is 9.49. The first-order valence-electron chi connectivity index (χ1n) is 10.6. The maximum Gasteiger partial charge on any atom is 0.311 e. The van der Waals surface area contributed by atoms with Gasteiger partial charge in [0.05, 0.1) is 51.0 Å². The molecular weight excluding hydrogens is 459 g/mol. The molecule has 0 bridgehead atoms. The summed E-state index contributed by atoms with van der Waals surface area (Å²) in [6, 6.07) is 12.8. The molecule has 10 heteroatoms. The lowest BCUT2D eigenvalue weighted by Gasteiger charge is -2.47. The number of rotatable bonds is 8. The van der Waals surface area contributed by atoms with E-state index in [0.29, 0.717) is 34.1 Å². The standard InChI is InChI=1S/C25H23FN2O7/c1-32-19-10-7-15(11-18(19)28(30)31)23-22(14-5-8-16(26)9-6-14)25(29)27(23)17-12-20(33-2)24(35-4)21(13-17)34-3/h5-13,22-23H,1-4H3/t22-,23-/m1/s1. The highest BCUT2D eigenvalue weighted by atomic mass is 19.1. The number of amides is 1. The molecule has 1 aliphatic rings. The maximum absolute atomic E-state index is 13.6. The van der Waals surface area contributed by atoms with Crippen LogP contribution < -0.4 is 23.8 Å². The largest absolute Gasteiger partial charge is 0.493 e. The fraction of sp³-hybridized carbons (Fsp3) is 0.240. The molecule has 4 rings (SSSR count). The molecule has 9 nitrogen and oxygen atoms in total. The molecule has 0 unspecified atom stereocenters. The number of hydrogen-bond acceptors (Lipinski definition) is 7. The Morgan fingerprint density at radius 2 is 1.40 bits per heavy atom. The van der Waals surface area contributed by atoms with Gasteiger partial charge in [-0.2, -0.15) is 0 Å². The minimum absolute atomic E-state index is 0.0991. The monoisotopic (exact) mass is 482 g/mol. The zero-order chi connectivity index (χ0) is 25.3. The van der Waals surface area contributed by atoms with Crippen molar-refractivity contribution in [1.29, 1.82) is 0 Å². The van der Waals surface area contributed by atoms with Gasteiger partial charge < -0.3 is 23.8 Å². The molecule has 1 saturated heterocycles. The molecule has 3 aromatic carbocycles. The summed E-state index contributed by atoms with van der Waals surface area (Å²) in [6.07, 6.45) is 0. The van der Waals surface area contributed by atoms with E-state index >= 15 is 0 Å². The summed E-state index contributed by atoms with van der Waals surface area (Å²) in [5, 5.41) is 11.7. The average molecular weight is 482 g/mol. The number of nitrogens with zero attached hydrogens (tertiary/aromatic N) is 2. The maximum atomic E-state index is 13.6. The molecule has 1 amide bonds. The van der Waals surface area contributed by atoms with E-state index in [0.717, 1.165) is 0 Å². The van der Waals surface area contributed by atoms with Crippen molar-refractivity contribution in [3.05, 3.63) is 81.7 Å². The molecule has 0 aromatic heterocycles. The minimum Gasteiger partial charge on any atom is -0.493 e. The zero-order valence-electron chi connectivity index (χ0n) is 19.5. The molecule has 1 fully saturated rings. The number of nitro groups is 1. The lowest BCUT2D eigenvalue weighted by Crippen LogP contribution is -2.53. The number of benzene rings is 3. The number of ether oxygens (including phenoxy) is 4. The normalized spacial score (nSPS) is 16.9. The molecular formula is C25H23FN2O7. The van der Waals surface area contributed by atoms with E-state index < -0.39 is 22.7 Å². The smallest absolute Gasteiger partial charge is 0.311 e. The zero-order valence-corrected chi connectivity index (χ0v) is 19.5. The average Bonchev–Trinajstić information content (AvgIpc) is 2.87. The highest BCUT2D eigenvalue weighted by molar-refractivity contribution is 6.07. The van der Waals surface area contributed by atoms with E-state index in [1.165, 1.54) is 69.7 Å². The van der Waals surface area contributed by atoms with Crippen molar-refractivity contribution in [2.75, 3.05) is 33.3 Å². The summed E-state index contributed by atoms with van der Waals surface area (Å²) in [4.78, 5) is 26.1. The molecule has 0 radical (unpaired) electrons. The molecule has 1 aliphatic heterocycles. The fourth-order valence-electron chi connectivity index (χ4n) is 4.35. The van der Waals surface area contributed by atoms with E-state index in [9.17, 15) is 19.3 Å². The van der Waals surface area contributed by atoms with Crippen molar-refractivity contribution in [3.63, 3.8) is 0 Å². The third-order valence-electron chi connectivity index (χ3n) is 6.00. The van der Waals surface area contributed by atoms with Crippen LogP contribution in [0, 0.1) is 15.9 Å². The summed E-state index contributed by atoms with van der Waals surface area (Å²) in [5.41, 5.74) is 1.32. The predicted molar refractivity (Wildman–Crippen MR) is 125 cm³/mol. The Balaban J connectivity index is 1.88. The number of methoxy groups -OCH3 is 4. The van der Waals surface area contributed by atoms with Crippen LogP contribution in [0.3, 0.4) is 0 Å². The van der Waals surface area contributed by atoms with Gasteiger partial charge in [-0.1, -0.05) is 18.2 Å². The van der Waals surface area contributed by atoms with Crippen molar-refractivity contribution in [1.82, 2.24) is 0 Å². The number of carbonyl (C=O) groups excluding carboxylic acids is 1. The van der Waals surface area contributed by atoms with Crippen LogP contribution in [-0.4, -0.2) is 39.3 Å². The quantitative estimate of drug-likeness (QED) is 0.262. The fourth-order valence-corrected chi connectivity index (χ4v) is 4.35. The Morgan fingerprint density at radius 1 is 0.829 bits per heavy atom. The van der Waals surface area contributed by atoms with Gasteiger partial charge >= 0.3 is 5.69 Å². The second-order valence-corrected chi connectivity index (χ2v) is 7.75. The van der Waals surface area contributed by atoms with Crippen molar-refractivity contribution >= 4 is 17.3 Å². The first-order chi connectivity index (χ1) is 16.8. The van der Waals surface area contributed by atoms with Crippen LogP contribution in [0.4, 0.5) is 15.8 Å². The van der Waals surface area contributed by atoms with Crippen LogP contribution in [0.2, 0.25) is 0 Å². The van der Waals surface area contributed by atoms with E-state index in [4.69, 9.17) is 18.9 Å². The van der Waals surface area contributed by atoms with Gasteiger partial charge in [0.15, 0.2) is 17.2 Å². The van der Waals surface area contributed by atoms with Crippen LogP contribution in [0.1, 0.15) is 23.1 Å². The van der Waals surface area contributed by atoms with Crippen LogP contribution in [0.25, 0.3) is 0 Å². The van der Waals surface area contributed by atoms with Crippen LogP contribution >= 0.6 is 0 Å². The van der Waals surface area contributed by atoms with Gasteiger partial charge in [0.1, 0.15) is 5.82 Å². The first kappa shape index (κ1) is 23.8. The third-order valence-corrected chi connectivity index (χ3v) is 6.00. The lowest BCUT2D eigenvalue weighted by atomic mass is 9.77. The third kappa shape index (κ3) is 4.07. The highest BCUT2D eigenvalue weighted by Crippen LogP contribution is 2.52. The van der Waals surface area contributed by atoms with E-state index in [-0.39, 0.29) is 17.3 Å². The Hall–Kier alpha value is -4.34. The Bertz CT molecular complexity index is 1250. The highest BCUT2D eigenvalue weighted by Gasteiger charge is 2.50. The minimum atomic E-state index is -0.692. The van der Waals surface area contributed by atoms with Crippen molar-refractivity contribution in [2.24, 2.45) is 0 Å². The number of carbonyl (C=O) groups is 1. The second-order valence-electron chi connectivity index (χ2n) is 7.75. The molecule has 1 heterocycles. The summed E-state index contributed by atoms with van der Waals surface area (Å²) in [5.74, 6) is -0.241. The number of nitro benzene ring substituents is 1. The van der Waals surface area contributed by atoms with Gasteiger partial charge in [0.25, 0.3) is 0 Å². The van der Waals surface area contributed by atoms with Gasteiger partial charge in [-0.3, -0.25) is 14.9 Å². The van der Waals surface area contributed by atoms with Crippen LogP contribution in [0.15, 0.2) is 54.6 Å². The Kier molecular flexibility index (Phi) is 6.46. The topological polar surface area (TPSA) is 100 Å². The molecule has 0 N–H and O–H groups in total. The number of hydrogen-bond donors (Lipinski definition) is 0.